The van der Waals surface area contributed by atoms with Gasteiger partial charge in [0.25, 0.3) is 5.91 Å². The predicted octanol–water partition coefficient (Wildman–Crippen LogP) is 6.36. The lowest BCUT2D eigenvalue weighted by Crippen LogP contribution is -2.21. The van der Waals surface area contributed by atoms with Gasteiger partial charge < -0.3 is 4.74 Å². The van der Waals surface area contributed by atoms with Gasteiger partial charge in [-0.05, 0) is 59.7 Å². The Balaban J connectivity index is 1.55. The van der Waals surface area contributed by atoms with Crippen molar-refractivity contribution in [3.8, 4) is 5.75 Å². The summed E-state index contributed by atoms with van der Waals surface area (Å²) in [5.41, 5.74) is 3.37. The van der Waals surface area contributed by atoms with Crippen LogP contribution in [0.4, 0.5) is 10.1 Å². The van der Waals surface area contributed by atoms with Crippen LogP contribution in [-0.2, 0) is 11.4 Å². The first kappa shape index (κ1) is 20.6. The zero-order valence-electron chi connectivity index (χ0n) is 18.0. The van der Waals surface area contributed by atoms with Crippen LogP contribution in [0, 0.1) is 5.82 Å². The minimum absolute atomic E-state index is 0.192. The minimum Gasteiger partial charge on any atom is -0.488 e. The number of anilines is 1. The van der Waals surface area contributed by atoms with Crippen molar-refractivity contribution in [2.45, 2.75) is 13.5 Å². The fraction of sp³-hybridized carbons (Fsp3) is 0.0714. The second kappa shape index (κ2) is 8.71. The summed E-state index contributed by atoms with van der Waals surface area (Å²) in [6.07, 6.45) is 1.84. The van der Waals surface area contributed by atoms with Crippen molar-refractivity contribution in [3.63, 3.8) is 0 Å². The molecule has 1 amide bonds. The van der Waals surface area contributed by atoms with Crippen LogP contribution >= 0.6 is 0 Å². The van der Waals surface area contributed by atoms with Gasteiger partial charge in [-0.2, -0.15) is 10.1 Å². The fourth-order valence-corrected chi connectivity index (χ4v) is 3.91. The minimum atomic E-state index is -0.304. The van der Waals surface area contributed by atoms with Gasteiger partial charge in [0.2, 0.25) is 0 Å². The van der Waals surface area contributed by atoms with Crippen molar-refractivity contribution in [1.82, 2.24) is 0 Å². The number of carbonyl (C=O) groups excluding carboxylic acids is 1. The van der Waals surface area contributed by atoms with E-state index in [2.05, 4.69) is 5.10 Å². The largest absolute Gasteiger partial charge is 0.488 e. The third-order valence-electron chi connectivity index (χ3n) is 5.57. The van der Waals surface area contributed by atoms with E-state index in [1.165, 1.54) is 17.1 Å². The zero-order valence-corrected chi connectivity index (χ0v) is 18.0. The van der Waals surface area contributed by atoms with Gasteiger partial charge in [-0.3, -0.25) is 4.79 Å². The van der Waals surface area contributed by atoms with Gasteiger partial charge in [-0.1, -0.05) is 60.7 Å². The molecule has 0 atom stereocenters. The summed E-state index contributed by atoms with van der Waals surface area (Å²) in [5.74, 6) is 0.119. The van der Waals surface area contributed by atoms with E-state index < -0.39 is 0 Å². The molecule has 0 bridgehead atoms. The molecular weight excluding hydrogens is 415 g/mol. The standard InChI is InChI=1S/C28H21FN2O2/c1-19-25(28(32)31(30-19)23-11-3-2-4-12-23)17-26-24-13-6-5-9-21(24)14-15-27(26)33-18-20-8-7-10-22(29)16-20/h2-17H,18H2,1H3/b25-17+. The summed E-state index contributed by atoms with van der Waals surface area (Å²) in [4.78, 5) is 13.2. The van der Waals surface area contributed by atoms with Crippen molar-refractivity contribution < 1.29 is 13.9 Å². The lowest BCUT2D eigenvalue weighted by atomic mass is 9.99. The second-order valence-corrected chi connectivity index (χ2v) is 7.81. The summed E-state index contributed by atoms with van der Waals surface area (Å²) >= 11 is 0. The molecule has 0 saturated heterocycles. The lowest BCUT2D eigenvalue weighted by Gasteiger charge is -2.14. The van der Waals surface area contributed by atoms with Crippen LogP contribution < -0.4 is 9.75 Å². The lowest BCUT2D eigenvalue weighted by molar-refractivity contribution is -0.114. The first-order valence-electron chi connectivity index (χ1n) is 10.7. The van der Waals surface area contributed by atoms with Crippen molar-refractivity contribution in [1.29, 1.82) is 0 Å². The molecular formula is C28H21FN2O2. The molecule has 1 aliphatic heterocycles. The Hall–Kier alpha value is -4.25. The number of carbonyl (C=O) groups is 1. The molecule has 5 heteroatoms. The molecule has 0 radical (unpaired) electrons. The molecule has 162 valence electrons. The van der Waals surface area contributed by atoms with Crippen LogP contribution in [0.5, 0.6) is 5.75 Å². The van der Waals surface area contributed by atoms with Crippen LogP contribution in [0.1, 0.15) is 18.1 Å². The van der Waals surface area contributed by atoms with Crippen molar-refractivity contribution in [2.75, 3.05) is 5.01 Å². The van der Waals surface area contributed by atoms with Gasteiger partial charge in [-0.15, -0.1) is 0 Å². The van der Waals surface area contributed by atoms with E-state index in [9.17, 15) is 9.18 Å². The van der Waals surface area contributed by atoms with E-state index in [1.807, 2.05) is 85.8 Å². The van der Waals surface area contributed by atoms with E-state index >= 15 is 0 Å². The second-order valence-electron chi connectivity index (χ2n) is 7.81. The molecule has 5 rings (SSSR count). The molecule has 4 aromatic carbocycles. The monoisotopic (exact) mass is 436 g/mol. The average Bonchev–Trinajstić information content (AvgIpc) is 3.12. The maximum Gasteiger partial charge on any atom is 0.280 e. The number of fused-ring (bicyclic) bond motifs is 1. The predicted molar refractivity (Wildman–Crippen MR) is 130 cm³/mol. The van der Waals surface area contributed by atoms with E-state index in [1.54, 1.807) is 6.07 Å². The first-order valence-corrected chi connectivity index (χ1v) is 10.7. The Bertz CT molecular complexity index is 1410. The summed E-state index contributed by atoms with van der Waals surface area (Å²) in [7, 11) is 0. The number of ether oxygens (including phenoxy) is 1. The Labute approximate surface area is 191 Å². The van der Waals surface area contributed by atoms with E-state index in [-0.39, 0.29) is 18.3 Å². The van der Waals surface area contributed by atoms with Crippen LogP contribution in [0.25, 0.3) is 16.8 Å². The molecule has 1 aliphatic rings. The fourth-order valence-electron chi connectivity index (χ4n) is 3.91. The molecule has 0 unspecified atom stereocenters. The highest BCUT2D eigenvalue weighted by Crippen LogP contribution is 2.33. The molecule has 0 saturated carbocycles. The highest BCUT2D eigenvalue weighted by atomic mass is 19.1. The van der Waals surface area contributed by atoms with Gasteiger partial charge >= 0.3 is 0 Å². The smallest absolute Gasteiger partial charge is 0.280 e. The number of hydrogen-bond acceptors (Lipinski definition) is 3. The summed E-state index contributed by atoms with van der Waals surface area (Å²) in [6, 6.07) is 27.5. The number of rotatable bonds is 5. The molecule has 4 nitrogen and oxygen atoms in total. The molecule has 0 spiro atoms. The van der Waals surface area contributed by atoms with Crippen LogP contribution in [0.2, 0.25) is 0 Å². The quantitative estimate of drug-likeness (QED) is 0.342. The van der Waals surface area contributed by atoms with Crippen LogP contribution in [0.15, 0.2) is 102 Å². The molecule has 0 aliphatic carbocycles. The Morgan fingerprint density at radius 2 is 1.73 bits per heavy atom. The maximum atomic E-state index is 13.6. The van der Waals surface area contributed by atoms with Crippen LogP contribution in [-0.4, -0.2) is 11.6 Å². The SMILES string of the molecule is CC1=NN(c2ccccc2)C(=O)/C1=C/c1c(OCc2cccc(F)c2)ccc2ccccc12. The van der Waals surface area contributed by atoms with Gasteiger partial charge in [-0.25, -0.2) is 4.39 Å². The van der Waals surface area contributed by atoms with Gasteiger partial charge in [0.1, 0.15) is 18.2 Å². The normalized spacial score (nSPS) is 14.7. The molecule has 0 fully saturated rings. The summed E-state index contributed by atoms with van der Waals surface area (Å²) in [5, 5.41) is 7.89. The number of nitrogens with zero attached hydrogens (tertiary/aromatic N) is 2. The highest BCUT2D eigenvalue weighted by molar-refractivity contribution is 6.32. The van der Waals surface area contributed by atoms with E-state index in [4.69, 9.17) is 4.74 Å². The highest BCUT2D eigenvalue weighted by Gasteiger charge is 2.29. The molecule has 33 heavy (non-hydrogen) atoms. The molecule has 4 aromatic rings. The van der Waals surface area contributed by atoms with Crippen molar-refractivity contribution in [2.24, 2.45) is 5.10 Å². The van der Waals surface area contributed by atoms with E-state index in [0.29, 0.717) is 22.7 Å². The molecule has 0 aromatic heterocycles. The number of hydrazone groups is 1. The van der Waals surface area contributed by atoms with Crippen LogP contribution in [0.3, 0.4) is 0 Å². The summed E-state index contributed by atoms with van der Waals surface area (Å²) in [6.45, 7) is 2.04. The number of benzene rings is 4. The number of amides is 1. The van der Waals surface area contributed by atoms with Gasteiger partial charge in [0.05, 0.1) is 17.0 Å². The topological polar surface area (TPSA) is 41.9 Å². The third-order valence-corrected chi connectivity index (χ3v) is 5.57. The maximum absolute atomic E-state index is 13.6. The van der Waals surface area contributed by atoms with Crippen molar-refractivity contribution in [3.05, 3.63) is 114 Å². The van der Waals surface area contributed by atoms with Gasteiger partial charge in [0, 0.05) is 5.56 Å². The van der Waals surface area contributed by atoms with E-state index in [0.717, 1.165) is 21.9 Å². The van der Waals surface area contributed by atoms with Gasteiger partial charge in [0.15, 0.2) is 0 Å². The number of halogens is 1. The first-order chi connectivity index (χ1) is 16.1. The third kappa shape index (κ3) is 4.13. The molecule has 0 N–H and O–H groups in total. The Kier molecular flexibility index (Phi) is 5.45. The average molecular weight is 436 g/mol. The number of para-hydroxylation sites is 1. The Morgan fingerprint density at radius 1 is 0.939 bits per heavy atom. The summed E-state index contributed by atoms with van der Waals surface area (Å²) < 4.78 is 19.7. The molecule has 1 heterocycles. The Morgan fingerprint density at radius 3 is 2.55 bits per heavy atom. The van der Waals surface area contributed by atoms with Crippen molar-refractivity contribution >= 4 is 34.2 Å². The zero-order chi connectivity index (χ0) is 22.8. The number of hydrogen-bond donors (Lipinski definition) is 0.